The Balaban J connectivity index is 3.20. The largest absolute Gasteiger partial charge is 0.355 e. The highest BCUT2D eigenvalue weighted by molar-refractivity contribution is 6.48. The van der Waals surface area contributed by atoms with E-state index >= 15 is 0 Å². The first-order valence-corrected chi connectivity index (χ1v) is 4.56. The van der Waals surface area contributed by atoms with Crippen molar-refractivity contribution in [2.24, 2.45) is 0 Å². The van der Waals surface area contributed by atoms with Crippen molar-refractivity contribution in [1.82, 2.24) is 5.32 Å². The van der Waals surface area contributed by atoms with Crippen LogP contribution in [0.15, 0.2) is 12.1 Å². The number of rotatable bonds is 1. The molecule has 0 saturated heterocycles. The molecule has 70 valence electrons. The molecule has 2 nitrogen and oxygen atoms in total. The van der Waals surface area contributed by atoms with Gasteiger partial charge in [-0.15, -0.1) is 0 Å². The second-order valence-corrected chi connectivity index (χ2v) is 3.53. The van der Waals surface area contributed by atoms with Crippen LogP contribution in [-0.2, 0) is 0 Å². The zero-order valence-corrected chi connectivity index (χ0v) is 8.96. The van der Waals surface area contributed by atoms with Gasteiger partial charge in [-0.25, -0.2) is 0 Å². The van der Waals surface area contributed by atoms with Crippen LogP contribution >= 0.6 is 34.8 Å². The van der Waals surface area contributed by atoms with Gasteiger partial charge in [-0.2, -0.15) is 0 Å². The molecule has 1 N–H and O–H groups in total. The van der Waals surface area contributed by atoms with E-state index in [9.17, 15) is 4.79 Å². The molecule has 0 spiro atoms. The molecule has 0 aliphatic carbocycles. The Morgan fingerprint density at radius 1 is 1.23 bits per heavy atom. The second kappa shape index (κ2) is 4.18. The summed E-state index contributed by atoms with van der Waals surface area (Å²) in [6.45, 7) is 0. The Bertz CT molecular complexity index is 328. The van der Waals surface area contributed by atoms with Crippen LogP contribution in [0.1, 0.15) is 10.4 Å². The summed E-state index contributed by atoms with van der Waals surface area (Å²) in [5.41, 5.74) is 0.391. The van der Waals surface area contributed by atoms with Gasteiger partial charge in [0.1, 0.15) is 0 Å². The minimum Gasteiger partial charge on any atom is -0.355 e. The van der Waals surface area contributed by atoms with Gasteiger partial charge in [0, 0.05) is 12.6 Å². The van der Waals surface area contributed by atoms with Crippen molar-refractivity contribution in [3.63, 3.8) is 0 Å². The number of nitrogens with one attached hydrogen (secondary N) is 1. The van der Waals surface area contributed by atoms with Crippen LogP contribution in [0.3, 0.4) is 0 Å². The van der Waals surface area contributed by atoms with Crippen molar-refractivity contribution in [2.45, 2.75) is 0 Å². The Morgan fingerprint density at radius 2 is 1.69 bits per heavy atom. The first-order valence-electron chi connectivity index (χ1n) is 3.43. The van der Waals surface area contributed by atoms with Gasteiger partial charge in [0.25, 0.3) is 5.91 Å². The lowest BCUT2D eigenvalue weighted by Crippen LogP contribution is -2.17. The molecule has 0 unspecified atom stereocenters. The van der Waals surface area contributed by atoms with Crippen molar-refractivity contribution in [3.05, 3.63) is 32.8 Å². The normalized spacial score (nSPS) is 9.85. The van der Waals surface area contributed by atoms with Crippen molar-refractivity contribution in [2.75, 3.05) is 7.05 Å². The minimum atomic E-state index is -0.250. The number of benzene rings is 1. The third-order valence-electron chi connectivity index (χ3n) is 1.47. The van der Waals surface area contributed by atoms with Crippen LogP contribution in [0, 0.1) is 0 Å². The molecule has 1 aromatic rings. The van der Waals surface area contributed by atoms with E-state index in [4.69, 9.17) is 34.8 Å². The molecule has 0 saturated carbocycles. The lowest BCUT2D eigenvalue weighted by molar-refractivity contribution is 0.0963. The summed E-state index contributed by atoms with van der Waals surface area (Å²) >= 11 is 17.1. The topological polar surface area (TPSA) is 29.1 Å². The zero-order chi connectivity index (χ0) is 10.0. The molecule has 0 aliphatic rings. The maximum Gasteiger partial charge on any atom is 0.251 e. The molecule has 1 aromatic carbocycles. The standard InChI is InChI=1S/C8H6Cl3NO/c1-12-8(13)4-2-5(9)7(11)6(10)3-4/h2-3H,1H3,(H,12,13). The third kappa shape index (κ3) is 2.27. The van der Waals surface area contributed by atoms with E-state index in [1.54, 1.807) is 0 Å². The van der Waals surface area contributed by atoms with Crippen LogP contribution in [0.25, 0.3) is 0 Å². The van der Waals surface area contributed by atoms with E-state index in [0.717, 1.165) is 0 Å². The quantitative estimate of drug-likeness (QED) is 0.749. The van der Waals surface area contributed by atoms with Crippen LogP contribution < -0.4 is 5.32 Å². The SMILES string of the molecule is CNC(=O)c1cc(Cl)c(Cl)c(Cl)c1. The van der Waals surface area contributed by atoms with Crippen LogP contribution in [0.2, 0.25) is 15.1 Å². The highest BCUT2D eigenvalue weighted by atomic mass is 35.5. The Labute approximate surface area is 90.8 Å². The number of halogens is 3. The summed E-state index contributed by atoms with van der Waals surface area (Å²) in [7, 11) is 1.53. The minimum absolute atomic E-state index is 0.250. The summed E-state index contributed by atoms with van der Waals surface area (Å²) in [4.78, 5) is 11.2. The third-order valence-corrected chi connectivity index (χ3v) is 2.67. The lowest BCUT2D eigenvalue weighted by atomic mass is 10.2. The fourth-order valence-electron chi connectivity index (χ4n) is 0.831. The number of carbonyl (C=O) groups is 1. The molecule has 0 aromatic heterocycles. The average molecular weight is 239 g/mol. The molecule has 0 atom stereocenters. The maximum atomic E-state index is 11.2. The van der Waals surface area contributed by atoms with Gasteiger partial charge in [0.05, 0.1) is 15.1 Å². The molecular weight excluding hydrogens is 232 g/mol. The molecule has 5 heteroatoms. The van der Waals surface area contributed by atoms with Gasteiger partial charge in [-0.05, 0) is 12.1 Å². The van der Waals surface area contributed by atoms with Crippen molar-refractivity contribution in [3.8, 4) is 0 Å². The zero-order valence-electron chi connectivity index (χ0n) is 6.70. The average Bonchev–Trinajstić information content (AvgIpc) is 2.12. The molecule has 1 rings (SSSR count). The molecule has 0 heterocycles. The van der Waals surface area contributed by atoms with Crippen molar-refractivity contribution >= 4 is 40.7 Å². The van der Waals surface area contributed by atoms with Crippen molar-refractivity contribution in [1.29, 1.82) is 0 Å². The molecule has 0 fully saturated rings. The highest BCUT2D eigenvalue weighted by Crippen LogP contribution is 2.30. The van der Waals surface area contributed by atoms with Gasteiger partial charge in [0.15, 0.2) is 0 Å². The van der Waals surface area contributed by atoms with Crippen LogP contribution in [0.5, 0.6) is 0 Å². The van der Waals surface area contributed by atoms with Crippen molar-refractivity contribution < 1.29 is 4.79 Å². The number of carbonyl (C=O) groups excluding carboxylic acids is 1. The molecule has 0 bridgehead atoms. The summed E-state index contributed by atoms with van der Waals surface area (Å²) in [6.07, 6.45) is 0. The van der Waals surface area contributed by atoms with Gasteiger partial charge in [-0.1, -0.05) is 34.8 Å². The van der Waals surface area contributed by atoms with E-state index in [1.807, 2.05) is 0 Å². The van der Waals surface area contributed by atoms with E-state index in [2.05, 4.69) is 5.32 Å². The monoisotopic (exact) mass is 237 g/mol. The van der Waals surface area contributed by atoms with Gasteiger partial charge in [0.2, 0.25) is 0 Å². The molecule has 1 amide bonds. The van der Waals surface area contributed by atoms with Gasteiger partial charge < -0.3 is 5.32 Å². The predicted molar refractivity (Wildman–Crippen MR) is 54.9 cm³/mol. The summed E-state index contributed by atoms with van der Waals surface area (Å²) in [5.74, 6) is -0.250. The number of amides is 1. The predicted octanol–water partition coefficient (Wildman–Crippen LogP) is 3.01. The van der Waals surface area contributed by atoms with Crippen LogP contribution in [0.4, 0.5) is 0 Å². The van der Waals surface area contributed by atoms with E-state index < -0.39 is 0 Å². The molecule has 13 heavy (non-hydrogen) atoms. The summed E-state index contributed by atoms with van der Waals surface area (Å²) in [6, 6.07) is 2.93. The van der Waals surface area contributed by atoms with Crippen LogP contribution in [-0.4, -0.2) is 13.0 Å². The van der Waals surface area contributed by atoms with E-state index in [1.165, 1.54) is 19.2 Å². The van der Waals surface area contributed by atoms with E-state index in [0.29, 0.717) is 5.56 Å². The first kappa shape index (κ1) is 10.6. The summed E-state index contributed by atoms with van der Waals surface area (Å²) < 4.78 is 0. The lowest BCUT2D eigenvalue weighted by Gasteiger charge is -2.03. The Hall–Kier alpha value is -0.440. The van der Waals surface area contributed by atoms with Gasteiger partial charge in [-0.3, -0.25) is 4.79 Å². The maximum absolute atomic E-state index is 11.2. The molecular formula is C8H6Cl3NO. The highest BCUT2D eigenvalue weighted by Gasteiger charge is 2.09. The Kier molecular flexibility index (Phi) is 3.42. The smallest absolute Gasteiger partial charge is 0.251 e. The van der Waals surface area contributed by atoms with E-state index in [-0.39, 0.29) is 21.0 Å². The fourth-order valence-corrected chi connectivity index (χ4v) is 1.43. The Morgan fingerprint density at radius 3 is 2.08 bits per heavy atom. The second-order valence-electron chi connectivity index (χ2n) is 2.33. The number of hydrogen-bond acceptors (Lipinski definition) is 1. The molecule has 0 aliphatic heterocycles. The van der Waals surface area contributed by atoms with Gasteiger partial charge >= 0.3 is 0 Å². The summed E-state index contributed by atoms with van der Waals surface area (Å²) in [5, 5.41) is 3.26. The molecule has 0 radical (unpaired) electrons. The first-order chi connectivity index (χ1) is 6.06. The fraction of sp³-hybridized carbons (Fsp3) is 0.125. The number of hydrogen-bond donors (Lipinski definition) is 1.